The summed E-state index contributed by atoms with van der Waals surface area (Å²) in [6.45, 7) is 0. The molecule has 1 aromatic rings. The number of hydrogen-bond donors (Lipinski definition) is 0. The molecule has 1 rings (SSSR count). The minimum atomic E-state index is 0.674. The fourth-order valence-electron chi connectivity index (χ4n) is 1.51. The fraction of sp³-hybridized carbons (Fsp3) is 0. The highest BCUT2D eigenvalue weighted by Gasteiger charge is 2.00. The first-order chi connectivity index (χ1) is 8.83. The maximum absolute atomic E-state index is 10.4. The first kappa shape index (κ1) is 13.5. The molecule has 0 aliphatic heterocycles. The van der Waals surface area contributed by atoms with Gasteiger partial charge in [-0.05, 0) is 34.9 Å². The summed E-state index contributed by atoms with van der Waals surface area (Å²) in [4.78, 5) is 31.1. The third-order valence-electron chi connectivity index (χ3n) is 2.22. The molecule has 0 amide bonds. The van der Waals surface area contributed by atoms with Crippen molar-refractivity contribution in [3.8, 4) is 0 Å². The highest BCUT2D eigenvalue weighted by atomic mass is 16.1. The number of aldehydes is 3. The Morgan fingerprint density at radius 1 is 0.667 bits per heavy atom. The quantitative estimate of drug-likeness (QED) is 0.566. The molecule has 90 valence electrons. The highest BCUT2D eigenvalue weighted by Crippen LogP contribution is 2.19. The average Bonchev–Trinajstić information content (AvgIpc) is 2.41. The molecule has 3 nitrogen and oxygen atoms in total. The molecule has 0 spiro atoms. The van der Waals surface area contributed by atoms with Gasteiger partial charge in [0.2, 0.25) is 0 Å². The number of benzene rings is 1. The Morgan fingerprint density at radius 2 is 1.11 bits per heavy atom. The molecule has 0 heterocycles. The van der Waals surface area contributed by atoms with Gasteiger partial charge in [-0.1, -0.05) is 36.4 Å². The SMILES string of the molecule is O=CC=Cc1cccc(C=CC=O)c1C=CC=O. The van der Waals surface area contributed by atoms with E-state index in [1.807, 2.05) is 18.2 Å². The Balaban J connectivity index is 3.32. The van der Waals surface area contributed by atoms with Gasteiger partial charge in [-0.25, -0.2) is 0 Å². The lowest BCUT2D eigenvalue weighted by molar-refractivity contribution is -0.104. The van der Waals surface area contributed by atoms with Crippen LogP contribution in [0, 0.1) is 0 Å². The summed E-state index contributed by atoms with van der Waals surface area (Å²) in [6, 6.07) is 5.46. The molecule has 1 aromatic carbocycles. The number of hydrogen-bond acceptors (Lipinski definition) is 3. The first-order valence-corrected chi connectivity index (χ1v) is 5.32. The predicted octanol–water partition coefficient (Wildman–Crippen LogP) is 2.32. The smallest absolute Gasteiger partial charge is 0.142 e. The monoisotopic (exact) mass is 240 g/mol. The minimum absolute atomic E-state index is 0.674. The van der Waals surface area contributed by atoms with E-state index < -0.39 is 0 Å². The molecule has 3 heteroatoms. The van der Waals surface area contributed by atoms with E-state index in [9.17, 15) is 14.4 Å². The molecule has 0 unspecified atom stereocenters. The summed E-state index contributed by atoms with van der Waals surface area (Å²) in [5.74, 6) is 0. The van der Waals surface area contributed by atoms with Crippen molar-refractivity contribution in [3.05, 3.63) is 53.1 Å². The standard InChI is InChI=1S/C15H12O3/c16-10-2-7-13-5-1-6-14(8-3-11-17)15(13)9-4-12-18/h1-12H. The van der Waals surface area contributed by atoms with Gasteiger partial charge < -0.3 is 0 Å². The van der Waals surface area contributed by atoms with Gasteiger partial charge in [0.15, 0.2) is 0 Å². The van der Waals surface area contributed by atoms with E-state index in [1.54, 1.807) is 18.2 Å². The Labute approximate surface area is 105 Å². The van der Waals surface area contributed by atoms with E-state index >= 15 is 0 Å². The molecule has 0 fully saturated rings. The van der Waals surface area contributed by atoms with Crippen molar-refractivity contribution in [2.75, 3.05) is 0 Å². The number of rotatable bonds is 6. The van der Waals surface area contributed by atoms with Gasteiger partial charge in [0.1, 0.15) is 18.9 Å². The summed E-state index contributed by atoms with van der Waals surface area (Å²) >= 11 is 0. The van der Waals surface area contributed by atoms with Crippen LogP contribution in [-0.4, -0.2) is 18.9 Å². The third kappa shape index (κ3) is 3.79. The van der Waals surface area contributed by atoms with Crippen LogP contribution in [-0.2, 0) is 14.4 Å². The van der Waals surface area contributed by atoms with Crippen LogP contribution in [0.3, 0.4) is 0 Å². The van der Waals surface area contributed by atoms with E-state index in [0.717, 1.165) is 16.7 Å². The van der Waals surface area contributed by atoms with Gasteiger partial charge in [0.25, 0.3) is 0 Å². The minimum Gasteiger partial charge on any atom is -0.299 e. The van der Waals surface area contributed by atoms with Crippen molar-refractivity contribution in [1.82, 2.24) is 0 Å². The molecular formula is C15H12O3. The van der Waals surface area contributed by atoms with Gasteiger partial charge >= 0.3 is 0 Å². The molecule has 0 atom stereocenters. The Morgan fingerprint density at radius 3 is 1.56 bits per heavy atom. The third-order valence-corrected chi connectivity index (χ3v) is 2.22. The molecule has 0 aliphatic rings. The zero-order chi connectivity index (χ0) is 13.2. The Kier molecular flexibility index (Phi) is 5.77. The molecule has 0 saturated carbocycles. The van der Waals surface area contributed by atoms with E-state index in [1.165, 1.54) is 18.2 Å². The summed E-state index contributed by atoms with van der Waals surface area (Å²) in [5, 5.41) is 0. The lowest BCUT2D eigenvalue weighted by Crippen LogP contribution is -1.86. The summed E-state index contributed by atoms with van der Waals surface area (Å²) < 4.78 is 0. The zero-order valence-electron chi connectivity index (χ0n) is 9.65. The number of carbonyl (C=O) groups excluding carboxylic acids is 3. The maximum Gasteiger partial charge on any atom is 0.142 e. The molecule has 0 aromatic heterocycles. The Bertz CT molecular complexity index is 486. The van der Waals surface area contributed by atoms with Gasteiger partial charge in [0, 0.05) is 0 Å². The first-order valence-electron chi connectivity index (χ1n) is 5.32. The lowest BCUT2D eigenvalue weighted by Gasteiger charge is -2.05. The van der Waals surface area contributed by atoms with E-state index in [-0.39, 0.29) is 0 Å². The molecule has 0 aliphatic carbocycles. The second kappa shape index (κ2) is 7.68. The van der Waals surface area contributed by atoms with Gasteiger partial charge in [-0.3, -0.25) is 14.4 Å². The number of carbonyl (C=O) groups is 3. The van der Waals surface area contributed by atoms with E-state index in [4.69, 9.17) is 0 Å². The fourth-order valence-corrected chi connectivity index (χ4v) is 1.51. The lowest BCUT2D eigenvalue weighted by atomic mass is 9.99. The summed E-state index contributed by atoms with van der Waals surface area (Å²) in [5.41, 5.74) is 2.38. The zero-order valence-corrected chi connectivity index (χ0v) is 9.65. The second-order valence-corrected chi connectivity index (χ2v) is 3.34. The average molecular weight is 240 g/mol. The second-order valence-electron chi connectivity index (χ2n) is 3.34. The van der Waals surface area contributed by atoms with Crippen LogP contribution in [0.15, 0.2) is 36.4 Å². The van der Waals surface area contributed by atoms with E-state index in [0.29, 0.717) is 18.9 Å². The van der Waals surface area contributed by atoms with Crippen LogP contribution in [0.4, 0.5) is 0 Å². The topological polar surface area (TPSA) is 51.2 Å². The van der Waals surface area contributed by atoms with Crippen LogP contribution in [0.2, 0.25) is 0 Å². The molecule has 0 radical (unpaired) electrons. The van der Waals surface area contributed by atoms with Crippen molar-refractivity contribution >= 4 is 37.1 Å². The van der Waals surface area contributed by atoms with Gasteiger partial charge in [-0.2, -0.15) is 0 Å². The van der Waals surface area contributed by atoms with Crippen LogP contribution in [0.1, 0.15) is 16.7 Å². The number of allylic oxidation sites excluding steroid dienone is 3. The molecule has 0 saturated heterocycles. The van der Waals surface area contributed by atoms with Crippen molar-refractivity contribution in [2.24, 2.45) is 0 Å². The summed E-state index contributed by atoms with van der Waals surface area (Å²) in [6.07, 6.45) is 11.1. The largest absolute Gasteiger partial charge is 0.299 e. The Hall–Kier alpha value is -2.55. The van der Waals surface area contributed by atoms with Crippen molar-refractivity contribution in [2.45, 2.75) is 0 Å². The molecule has 0 N–H and O–H groups in total. The van der Waals surface area contributed by atoms with E-state index in [2.05, 4.69) is 0 Å². The highest BCUT2D eigenvalue weighted by molar-refractivity contribution is 5.85. The van der Waals surface area contributed by atoms with Crippen molar-refractivity contribution < 1.29 is 14.4 Å². The normalized spacial score (nSPS) is 11.3. The summed E-state index contributed by atoms with van der Waals surface area (Å²) in [7, 11) is 0. The van der Waals surface area contributed by atoms with Crippen molar-refractivity contribution in [1.29, 1.82) is 0 Å². The molecule has 0 bridgehead atoms. The van der Waals surface area contributed by atoms with Gasteiger partial charge in [-0.15, -0.1) is 0 Å². The molecule has 18 heavy (non-hydrogen) atoms. The predicted molar refractivity (Wildman–Crippen MR) is 71.7 cm³/mol. The van der Waals surface area contributed by atoms with Crippen LogP contribution in [0.5, 0.6) is 0 Å². The van der Waals surface area contributed by atoms with Crippen LogP contribution < -0.4 is 0 Å². The molecular weight excluding hydrogens is 228 g/mol. The van der Waals surface area contributed by atoms with Crippen LogP contribution in [0.25, 0.3) is 18.2 Å². The van der Waals surface area contributed by atoms with Crippen molar-refractivity contribution in [3.63, 3.8) is 0 Å². The maximum atomic E-state index is 10.4. The van der Waals surface area contributed by atoms with Crippen LogP contribution >= 0.6 is 0 Å². The van der Waals surface area contributed by atoms with Gasteiger partial charge in [0.05, 0.1) is 0 Å².